The third kappa shape index (κ3) is 4.05. The average Bonchev–Trinajstić information content (AvgIpc) is 2.27. The molecular formula is C13H15NO2. The van der Waals surface area contributed by atoms with Gasteiger partial charge in [-0.2, -0.15) is 0 Å². The Kier molecular flexibility index (Phi) is 3.96. The van der Waals surface area contributed by atoms with Crippen molar-refractivity contribution < 1.29 is 9.53 Å². The highest BCUT2D eigenvalue weighted by Gasteiger charge is 2.17. The van der Waals surface area contributed by atoms with Crippen LogP contribution in [0.5, 0.6) is 0 Å². The van der Waals surface area contributed by atoms with Gasteiger partial charge in [0.05, 0.1) is 5.54 Å². The fourth-order valence-electron chi connectivity index (χ4n) is 1.05. The molecule has 0 radical (unpaired) electrons. The summed E-state index contributed by atoms with van der Waals surface area (Å²) in [6.07, 6.45) is 4.73. The van der Waals surface area contributed by atoms with E-state index in [0.717, 1.165) is 5.56 Å². The summed E-state index contributed by atoms with van der Waals surface area (Å²) in [7, 11) is 0. The summed E-state index contributed by atoms with van der Waals surface area (Å²) in [4.78, 5) is 11.4. The molecule has 0 aromatic heterocycles. The summed E-state index contributed by atoms with van der Waals surface area (Å²) in [6.45, 7) is 3.71. The number of ether oxygens (including phenoxy) is 1. The van der Waals surface area contributed by atoms with Gasteiger partial charge in [-0.05, 0) is 19.4 Å². The zero-order valence-corrected chi connectivity index (χ0v) is 9.49. The molecule has 0 saturated carbocycles. The summed E-state index contributed by atoms with van der Waals surface area (Å²) in [6, 6.07) is 9.47. The lowest BCUT2D eigenvalue weighted by Gasteiger charge is -2.18. The predicted molar refractivity (Wildman–Crippen MR) is 62.7 cm³/mol. The number of carbonyl (C=O) groups is 1. The number of hydrogen-bond acceptors (Lipinski definition) is 2. The minimum absolute atomic E-state index is 0.243. The van der Waals surface area contributed by atoms with Gasteiger partial charge >= 0.3 is 6.09 Å². The first-order chi connectivity index (χ1) is 7.53. The molecule has 0 fully saturated rings. The van der Waals surface area contributed by atoms with E-state index in [1.165, 1.54) is 0 Å². The van der Waals surface area contributed by atoms with Crippen molar-refractivity contribution in [1.82, 2.24) is 5.32 Å². The van der Waals surface area contributed by atoms with Crippen molar-refractivity contribution in [2.24, 2.45) is 0 Å². The van der Waals surface area contributed by atoms with Crippen LogP contribution in [0.25, 0.3) is 0 Å². The topological polar surface area (TPSA) is 38.3 Å². The van der Waals surface area contributed by atoms with Crippen LogP contribution in [0.2, 0.25) is 0 Å². The molecule has 0 aliphatic rings. The minimum Gasteiger partial charge on any atom is -0.445 e. The lowest BCUT2D eigenvalue weighted by atomic mass is 10.1. The van der Waals surface area contributed by atoms with Gasteiger partial charge in [0.1, 0.15) is 6.61 Å². The molecule has 16 heavy (non-hydrogen) atoms. The third-order valence-corrected chi connectivity index (χ3v) is 1.99. The molecular weight excluding hydrogens is 202 g/mol. The van der Waals surface area contributed by atoms with Crippen LogP contribution in [-0.4, -0.2) is 11.6 Å². The second-order valence-corrected chi connectivity index (χ2v) is 3.96. The van der Waals surface area contributed by atoms with Crippen LogP contribution in [0.15, 0.2) is 30.3 Å². The van der Waals surface area contributed by atoms with Crippen molar-refractivity contribution in [3.05, 3.63) is 35.9 Å². The Bertz CT molecular complexity index is 390. The van der Waals surface area contributed by atoms with Crippen molar-refractivity contribution in [3.8, 4) is 12.3 Å². The molecule has 84 valence electrons. The minimum atomic E-state index is -0.687. The van der Waals surface area contributed by atoms with Crippen LogP contribution in [-0.2, 0) is 11.3 Å². The maximum absolute atomic E-state index is 11.4. The molecule has 0 aliphatic carbocycles. The van der Waals surface area contributed by atoms with E-state index in [-0.39, 0.29) is 6.61 Å². The molecule has 1 N–H and O–H groups in total. The first-order valence-electron chi connectivity index (χ1n) is 5.00. The second kappa shape index (κ2) is 5.22. The second-order valence-electron chi connectivity index (χ2n) is 3.96. The van der Waals surface area contributed by atoms with Crippen molar-refractivity contribution in [2.45, 2.75) is 26.0 Å². The predicted octanol–water partition coefficient (Wildman–Crippen LogP) is 2.32. The Balaban J connectivity index is 2.40. The van der Waals surface area contributed by atoms with Gasteiger partial charge in [0.25, 0.3) is 0 Å². The third-order valence-electron chi connectivity index (χ3n) is 1.99. The summed E-state index contributed by atoms with van der Waals surface area (Å²) in [5.41, 5.74) is 0.254. The van der Waals surface area contributed by atoms with E-state index >= 15 is 0 Å². The standard InChI is InChI=1S/C13H15NO2/c1-4-13(2,3)14-12(15)16-10-11-8-6-5-7-9-11/h1,5-9H,10H2,2-3H3,(H,14,15). The van der Waals surface area contributed by atoms with Crippen molar-refractivity contribution in [2.75, 3.05) is 0 Å². The Morgan fingerprint density at radius 3 is 2.62 bits per heavy atom. The summed E-state index contributed by atoms with van der Waals surface area (Å²) in [5.74, 6) is 2.46. The largest absolute Gasteiger partial charge is 0.445 e. The van der Waals surface area contributed by atoms with Gasteiger partial charge in [0, 0.05) is 0 Å². The molecule has 0 bridgehead atoms. The van der Waals surface area contributed by atoms with Gasteiger partial charge in [-0.15, -0.1) is 6.42 Å². The first-order valence-corrected chi connectivity index (χ1v) is 5.00. The van der Waals surface area contributed by atoms with E-state index in [2.05, 4.69) is 11.2 Å². The fraction of sp³-hybridized carbons (Fsp3) is 0.308. The summed E-state index contributed by atoms with van der Waals surface area (Å²) >= 11 is 0. The van der Waals surface area contributed by atoms with Gasteiger partial charge in [0.15, 0.2) is 0 Å². The van der Waals surface area contributed by atoms with E-state index in [4.69, 9.17) is 11.2 Å². The Labute approximate surface area is 95.8 Å². The van der Waals surface area contributed by atoms with E-state index in [9.17, 15) is 4.79 Å². The molecule has 0 saturated heterocycles. The number of hydrogen-bond donors (Lipinski definition) is 1. The van der Waals surface area contributed by atoms with E-state index in [1.807, 2.05) is 30.3 Å². The van der Waals surface area contributed by atoms with Crippen LogP contribution in [0, 0.1) is 12.3 Å². The molecule has 1 rings (SSSR count). The van der Waals surface area contributed by atoms with Gasteiger partial charge in [-0.3, -0.25) is 0 Å². The van der Waals surface area contributed by atoms with Gasteiger partial charge in [-0.1, -0.05) is 36.3 Å². The smallest absolute Gasteiger partial charge is 0.408 e. The SMILES string of the molecule is C#CC(C)(C)NC(=O)OCc1ccccc1. The monoisotopic (exact) mass is 217 g/mol. The zero-order valence-electron chi connectivity index (χ0n) is 9.49. The van der Waals surface area contributed by atoms with Gasteiger partial charge in [0.2, 0.25) is 0 Å². The van der Waals surface area contributed by atoms with Crippen LogP contribution < -0.4 is 5.32 Å². The lowest BCUT2D eigenvalue weighted by Crippen LogP contribution is -2.42. The normalized spacial score (nSPS) is 10.3. The highest BCUT2D eigenvalue weighted by Crippen LogP contribution is 2.03. The molecule has 3 nitrogen and oxygen atoms in total. The number of amides is 1. The summed E-state index contributed by atoms with van der Waals surface area (Å²) < 4.78 is 5.02. The highest BCUT2D eigenvalue weighted by atomic mass is 16.5. The van der Waals surface area contributed by atoms with E-state index in [0.29, 0.717) is 0 Å². The van der Waals surface area contributed by atoms with Crippen molar-refractivity contribution in [1.29, 1.82) is 0 Å². The molecule has 1 aromatic carbocycles. The zero-order chi connectivity index (χ0) is 12.0. The molecule has 0 spiro atoms. The molecule has 0 aliphatic heterocycles. The number of alkyl carbamates (subject to hydrolysis) is 1. The number of benzene rings is 1. The van der Waals surface area contributed by atoms with Crippen molar-refractivity contribution >= 4 is 6.09 Å². The fourth-order valence-corrected chi connectivity index (χ4v) is 1.05. The van der Waals surface area contributed by atoms with E-state index in [1.54, 1.807) is 13.8 Å². The maximum atomic E-state index is 11.4. The van der Waals surface area contributed by atoms with Crippen LogP contribution in [0.3, 0.4) is 0 Å². The quantitative estimate of drug-likeness (QED) is 0.789. The maximum Gasteiger partial charge on any atom is 0.408 e. The van der Waals surface area contributed by atoms with Crippen LogP contribution in [0.4, 0.5) is 4.79 Å². The van der Waals surface area contributed by atoms with Gasteiger partial charge in [-0.25, -0.2) is 4.79 Å². The van der Waals surface area contributed by atoms with Gasteiger partial charge < -0.3 is 10.1 Å². The average molecular weight is 217 g/mol. The number of carbonyl (C=O) groups excluding carboxylic acids is 1. The lowest BCUT2D eigenvalue weighted by molar-refractivity contribution is 0.134. The van der Waals surface area contributed by atoms with E-state index < -0.39 is 11.6 Å². The van der Waals surface area contributed by atoms with Crippen molar-refractivity contribution in [3.63, 3.8) is 0 Å². The molecule has 0 atom stereocenters. The molecule has 0 heterocycles. The number of nitrogens with one attached hydrogen (secondary N) is 1. The van der Waals surface area contributed by atoms with Crippen LogP contribution in [0.1, 0.15) is 19.4 Å². The molecule has 3 heteroatoms. The Morgan fingerprint density at radius 2 is 2.06 bits per heavy atom. The number of rotatable bonds is 3. The summed E-state index contributed by atoms with van der Waals surface area (Å²) in [5, 5.41) is 2.58. The molecule has 0 unspecified atom stereocenters. The molecule has 1 aromatic rings. The Hall–Kier alpha value is -1.95. The highest BCUT2D eigenvalue weighted by molar-refractivity contribution is 5.68. The first kappa shape index (κ1) is 12.1. The Morgan fingerprint density at radius 1 is 1.44 bits per heavy atom. The molecule has 1 amide bonds. The van der Waals surface area contributed by atoms with Crippen LogP contribution >= 0.6 is 0 Å². The number of terminal acetylenes is 1.